The Hall–Kier alpha value is -2.38. The van der Waals surface area contributed by atoms with Crippen molar-refractivity contribution < 1.29 is 14.0 Å². The fourth-order valence-corrected chi connectivity index (χ4v) is 3.62. The maximum atomic E-state index is 12.9. The molecule has 1 aliphatic heterocycles. The minimum absolute atomic E-state index is 0.0258. The van der Waals surface area contributed by atoms with Gasteiger partial charge in [0.1, 0.15) is 11.1 Å². The SMILES string of the molecule is Cc1c(Cl)cccc1NC(=O)C[C@H]1SC(=NCc2ccc(F)cc2)NC1=O. The minimum atomic E-state index is -0.545. The number of carbonyl (C=O) groups excluding carboxylic acids is 2. The zero-order valence-electron chi connectivity index (χ0n) is 14.5. The van der Waals surface area contributed by atoms with Crippen molar-refractivity contribution >= 4 is 46.0 Å². The maximum Gasteiger partial charge on any atom is 0.240 e. The molecule has 2 N–H and O–H groups in total. The van der Waals surface area contributed by atoms with Gasteiger partial charge in [-0.1, -0.05) is 41.6 Å². The average molecular weight is 406 g/mol. The van der Waals surface area contributed by atoms with E-state index < -0.39 is 5.25 Å². The summed E-state index contributed by atoms with van der Waals surface area (Å²) in [4.78, 5) is 28.7. The zero-order chi connectivity index (χ0) is 19.4. The molecule has 1 aliphatic rings. The maximum absolute atomic E-state index is 12.9. The van der Waals surface area contributed by atoms with Crippen molar-refractivity contribution in [3.05, 3.63) is 64.4 Å². The monoisotopic (exact) mass is 405 g/mol. The molecule has 0 radical (unpaired) electrons. The van der Waals surface area contributed by atoms with Crippen molar-refractivity contribution in [2.45, 2.75) is 25.1 Å². The second-order valence-electron chi connectivity index (χ2n) is 6.01. The Bertz CT molecular complexity index is 902. The van der Waals surface area contributed by atoms with Crippen molar-refractivity contribution in [1.82, 2.24) is 5.32 Å². The molecular weight excluding hydrogens is 389 g/mol. The van der Waals surface area contributed by atoms with Gasteiger partial charge in [-0.2, -0.15) is 0 Å². The molecule has 0 bridgehead atoms. The summed E-state index contributed by atoms with van der Waals surface area (Å²) >= 11 is 7.26. The fourth-order valence-electron chi connectivity index (χ4n) is 2.48. The van der Waals surface area contributed by atoms with Gasteiger partial charge in [-0.05, 0) is 42.3 Å². The number of thioether (sulfide) groups is 1. The number of nitrogens with one attached hydrogen (secondary N) is 2. The second kappa shape index (κ2) is 8.54. The number of rotatable bonds is 5. The van der Waals surface area contributed by atoms with Crippen LogP contribution in [0.1, 0.15) is 17.5 Å². The van der Waals surface area contributed by atoms with Crippen molar-refractivity contribution in [3.63, 3.8) is 0 Å². The molecule has 140 valence electrons. The summed E-state index contributed by atoms with van der Waals surface area (Å²) in [5.41, 5.74) is 2.23. The van der Waals surface area contributed by atoms with Crippen molar-refractivity contribution in [1.29, 1.82) is 0 Å². The molecule has 0 unspecified atom stereocenters. The normalized spacial score (nSPS) is 17.8. The van der Waals surface area contributed by atoms with E-state index in [9.17, 15) is 14.0 Å². The summed E-state index contributed by atoms with van der Waals surface area (Å²) in [6.45, 7) is 2.14. The minimum Gasteiger partial charge on any atom is -0.326 e. The summed E-state index contributed by atoms with van der Waals surface area (Å²) in [6, 6.07) is 11.3. The van der Waals surface area contributed by atoms with Crippen molar-refractivity contribution in [2.75, 3.05) is 5.32 Å². The number of amides is 2. The lowest BCUT2D eigenvalue weighted by Gasteiger charge is -2.10. The predicted molar refractivity (Wildman–Crippen MR) is 106 cm³/mol. The van der Waals surface area contributed by atoms with Crippen LogP contribution in [0.5, 0.6) is 0 Å². The number of anilines is 1. The van der Waals surface area contributed by atoms with E-state index in [4.69, 9.17) is 11.6 Å². The van der Waals surface area contributed by atoms with Gasteiger partial charge in [0.2, 0.25) is 11.8 Å². The van der Waals surface area contributed by atoms with E-state index in [-0.39, 0.29) is 24.1 Å². The van der Waals surface area contributed by atoms with Crippen LogP contribution in [0.2, 0.25) is 5.02 Å². The number of carbonyl (C=O) groups is 2. The number of amidine groups is 1. The van der Waals surface area contributed by atoms with Crippen LogP contribution in [0.4, 0.5) is 10.1 Å². The number of halogens is 2. The van der Waals surface area contributed by atoms with Gasteiger partial charge in [0.05, 0.1) is 6.54 Å². The molecule has 2 amide bonds. The Morgan fingerprint density at radius 1 is 1.30 bits per heavy atom. The lowest BCUT2D eigenvalue weighted by Crippen LogP contribution is -2.28. The van der Waals surface area contributed by atoms with Crippen molar-refractivity contribution in [2.24, 2.45) is 4.99 Å². The molecule has 5 nitrogen and oxygen atoms in total. The van der Waals surface area contributed by atoms with E-state index in [1.807, 2.05) is 6.92 Å². The molecule has 0 aliphatic carbocycles. The summed E-state index contributed by atoms with van der Waals surface area (Å²) in [5.74, 6) is -0.834. The number of aliphatic imine (C=N–C) groups is 1. The lowest BCUT2D eigenvalue weighted by molar-refractivity contribution is -0.122. The van der Waals surface area contributed by atoms with E-state index in [0.29, 0.717) is 22.4 Å². The van der Waals surface area contributed by atoms with Crippen LogP contribution in [-0.4, -0.2) is 22.2 Å². The Balaban J connectivity index is 1.57. The molecular formula is C19H17ClFN3O2S. The Labute approximate surface area is 165 Å². The largest absolute Gasteiger partial charge is 0.326 e. The van der Waals surface area contributed by atoms with Crippen LogP contribution in [-0.2, 0) is 16.1 Å². The van der Waals surface area contributed by atoms with E-state index in [2.05, 4.69) is 15.6 Å². The molecule has 1 atom stereocenters. The molecule has 1 heterocycles. The first kappa shape index (κ1) is 19.4. The van der Waals surface area contributed by atoms with E-state index in [0.717, 1.165) is 11.1 Å². The Kier molecular flexibility index (Phi) is 6.13. The van der Waals surface area contributed by atoms with Gasteiger partial charge in [-0.15, -0.1) is 0 Å². The lowest BCUT2D eigenvalue weighted by atomic mass is 10.2. The molecule has 8 heteroatoms. The molecule has 3 rings (SSSR count). The number of benzene rings is 2. The second-order valence-corrected chi connectivity index (χ2v) is 7.61. The van der Waals surface area contributed by atoms with Gasteiger partial charge in [-0.25, -0.2) is 4.39 Å². The van der Waals surface area contributed by atoms with Gasteiger partial charge in [-0.3, -0.25) is 14.6 Å². The quantitative estimate of drug-likeness (QED) is 0.792. The number of hydrogen-bond donors (Lipinski definition) is 2. The van der Waals surface area contributed by atoms with Crippen LogP contribution in [0.3, 0.4) is 0 Å². The predicted octanol–water partition coefficient (Wildman–Crippen LogP) is 3.90. The van der Waals surface area contributed by atoms with Crippen LogP contribution in [0.25, 0.3) is 0 Å². The van der Waals surface area contributed by atoms with Crippen LogP contribution in [0, 0.1) is 12.7 Å². The molecule has 2 aromatic rings. The molecule has 2 aromatic carbocycles. The molecule has 1 saturated heterocycles. The van der Waals surface area contributed by atoms with E-state index >= 15 is 0 Å². The third-order valence-electron chi connectivity index (χ3n) is 4.01. The first-order chi connectivity index (χ1) is 12.9. The first-order valence-electron chi connectivity index (χ1n) is 8.24. The summed E-state index contributed by atoms with van der Waals surface area (Å²) < 4.78 is 12.9. The first-order valence-corrected chi connectivity index (χ1v) is 9.49. The third kappa shape index (κ3) is 5.08. The number of nitrogens with zero attached hydrogens (tertiary/aromatic N) is 1. The highest BCUT2D eigenvalue weighted by Gasteiger charge is 2.32. The Morgan fingerprint density at radius 2 is 2.04 bits per heavy atom. The molecule has 1 fully saturated rings. The van der Waals surface area contributed by atoms with Gasteiger partial charge in [0.25, 0.3) is 0 Å². The smallest absolute Gasteiger partial charge is 0.240 e. The topological polar surface area (TPSA) is 70.6 Å². The highest BCUT2D eigenvalue weighted by molar-refractivity contribution is 8.15. The van der Waals surface area contributed by atoms with Crippen LogP contribution < -0.4 is 10.6 Å². The van der Waals surface area contributed by atoms with Crippen LogP contribution >= 0.6 is 23.4 Å². The van der Waals surface area contributed by atoms with Gasteiger partial charge in [0.15, 0.2) is 5.17 Å². The van der Waals surface area contributed by atoms with E-state index in [1.165, 1.54) is 23.9 Å². The molecule has 0 spiro atoms. The molecule has 27 heavy (non-hydrogen) atoms. The highest BCUT2D eigenvalue weighted by Crippen LogP contribution is 2.26. The standard InChI is InChI=1S/C19H17ClFN3O2S/c1-11-14(20)3-2-4-15(11)23-17(25)9-16-18(26)24-19(27-16)22-10-12-5-7-13(21)8-6-12/h2-8,16H,9-10H2,1H3,(H,23,25)(H,22,24,26)/t16-/m1/s1. The summed E-state index contributed by atoms with van der Waals surface area (Å²) in [5, 5.41) is 5.94. The summed E-state index contributed by atoms with van der Waals surface area (Å²) in [7, 11) is 0. The molecule has 0 saturated carbocycles. The summed E-state index contributed by atoms with van der Waals surface area (Å²) in [6.07, 6.45) is 0.0258. The van der Waals surface area contributed by atoms with Gasteiger partial charge < -0.3 is 10.6 Å². The fraction of sp³-hybridized carbons (Fsp3) is 0.211. The highest BCUT2D eigenvalue weighted by atomic mass is 35.5. The third-order valence-corrected chi connectivity index (χ3v) is 5.54. The number of hydrogen-bond acceptors (Lipinski definition) is 4. The van der Waals surface area contributed by atoms with E-state index in [1.54, 1.807) is 30.3 Å². The Morgan fingerprint density at radius 3 is 2.78 bits per heavy atom. The zero-order valence-corrected chi connectivity index (χ0v) is 16.0. The van der Waals surface area contributed by atoms with Crippen LogP contribution in [0.15, 0.2) is 47.5 Å². The van der Waals surface area contributed by atoms with Crippen molar-refractivity contribution in [3.8, 4) is 0 Å². The van der Waals surface area contributed by atoms with Gasteiger partial charge >= 0.3 is 0 Å². The molecule has 0 aromatic heterocycles. The average Bonchev–Trinajstić information content (AvgIpc) is 2.98. The van der Waals surface area contributed by atoms with Gasteiger partial charge in [0, 0.05) is 17.1 Å².